The van der Waals surface area contributed by atoms with Crippen LogP contribution in [0.15, 0.2) is 54.7 Å². The summed E-state index contributed by atoms with van der Waals surface area (Å²) in [6, 6.07) is 13.1. The van der Waals surface area contributed by atoms with E-state index in [-0.39, 0.29) is 38.0 Å². The van der Waals surface area contributed by atoms with Gasteiger partial charge in [-0.1, -0.05) is 29.5 Å². The molecule has 0 aliphatic rings. The zero-order chi connectivity index (χ0) is 22.4. The van der Waals surface area contributed by atoms with Gasteiger partial charge in [-0.2, -0.15) is 18.3 Å². The van der Waals surface area contributed by atoms with Crippen molar-refractivity contribution in [1.82, 2.24) is 25.4 Å². The average molecular weight is 628 g/mol. The van der Waals surface area contributed by atoms with Crippen LogP contribution in [0.4, 0.5) is 22.0 Å². The average Bonchev–Trinajstić information content (AvgIpc) is 3.26. The number of hydrogen-bond acceptors (Lipinski definition) is 5. The minimum Gasteiger partial charge on any atom is -0.573 e. The Morgan fingerprint density at radius 1 is 1.00 bits per heavy atom. The molecular formula is C20H12F5N5OPt. The number of hydrogen-bond donors (Lipinski definition) is 0. The standard InChI is InChI=1S/C11H7F2N2O.C9H5F3N3.Pt/c1-16-11-5-4-10(14-15-11)8-3-2-7(12)6-9(8)13;10-9(11,12)8-5-7(14-15-8)6-3-1-2-4-13-6;/h2,4-6H,1H3;1-5H;/q2*-1;+2. The molecule has 0 aliphatic carbocycles. The smallest absolute Gasteiger partial charge is 0.573 e. The second-order valence-electron chi connectivity index (χ2n) is 5.83. The molecular weight excluding hydrogens is 616 g/mol. The summed E-state index contributed by atoms with van der Waals surface area (Å²) in [6.45, 7) is 0. The topological polar surface area (TPSA) is 74.9 Å². The van der Waals surface area contributed by atoms with E-state index in [0.29, 0.717) is 11.6 Å². The van der Waals surface area contributed by atoms with E-state index in [1.807, 2.05) is 0 Å². The molecule has 4 aromatic rings. The number of pyridine rings is 1. The predicted octanol–water partition coefficient (Wildman–Crippen LogP) is 4.35. The van der Waals surface area contributed by atoms with E-state index in [2.05, 4.69) is 31.4 Å². The zero-order valence-corrected chi connectivity index (χ0v) is 18.3. The van der Waals surface area contributed by atoms with Crippen LogP contribution in [0.3, 0.4) is 0 Å². The Morgan fingerprint density at radius 3 is 2.31 bits per heavy atom. The van der Waals surface area contributed by atoms with Gasteiger partial charge in [-0.3, -0.25) is 13.8 Å². The van der Waals surface area contributed by atoms with Crippen LogP contribution < -0.4 is 9.84 Å². The number of aromatic nitrogens is 5. The van der Waals surface area contributed by atoms with Crippen molar-refractivity contribution in [2.75, 3.05) is 7.11 Å². The van der Waals surface area contributed by atoms with E-state index >= 15 is 0 Å². The van der Waals surface area contributed by atoms with Gasteiger partial charge in [0.15, 0.2) is 0 Å². The summed E-state index contributed by atoms with van der Waals surface area (Å²) in [5.74, 6) is -1.08. The number of rotatable bonds is 3. The summed E-state index contributed by atoms with van der Waals surface area (Å²) in [4.78, 5) is 3.87. The molecule has 32 heavy (non-hydrogen) atoms. The second-order valence-corrected chi connectivity index (χ2v) is 5.83. The first-order valence-corrected chi connectivity index (χ1v) is 8.51. The molecule has 0 N–H and O–H groups in total. The minimum absolute atomic E-state index is 0. The first-order valence-electron chi connectivity index (χ1n) is 8.51. The molecule has 0 radical (unpaired) electrons. The van der Waals surface area contributed by atoms with Gasteiger partial charge in [0, 0.05) is 29.2 Å². The molecule has 4 rings (SSSR count). The minimum atomic E-state index is -4.46. The van der Waals surface area contributed by atoms with Crippen molar-refractivity contribution in [2.45, 2.75) is 6.18 Å². The Labute approximate surface area is 193 Å². The predicted molar refractivity (Wildman–Crippen MR) is 98.6 cm³/mol. The largest absolute Gasteiger partial charge is 2.00 e. The Bertz CT molecular complexity index is 1140. The van der Waals surface area contributed by atoms with E-state index < -0.39 is 23.5 Å². The summed E-state index contributed by atoms with van der Waals surface area (Å²) >= 11 is 0. The van der Waals surface area contributed by atoms with Crippen molar-refractivity contribution in [3.8, 4) is 28.5 Å². The molecule has 0 saturated heterocycles. The summed E-state index contributed by atoms with van der Waals surface area (Å²) in [7, 11) is 1.45. The van der Waals surface area contributed by atoms with Crippen molar-refractivity contribution < 1.29 is 47.8 Å². The fraction of sp³-hybridized carbons (Fsp3) is 0.100. The third-order valence-corrected chi connectivity index (χ3v) is 3.72. The van der Waals surface area contributed by atoms with Gasteiger partial charge in [-0.05, 0) is 24.3 Å². The van der Waals surface area contributed by atoms with Crippen LogP contribution in [0.5, 0.6) is 5.88 Å². The Balaban J connectivity index is 0.000000220. The molecule has 0 spiro atoms. The first kappa shape index (κ1) is 25.1. The Kier molecular flexibility index (Phi) is 8.54. The molecule has 0 saturated carbocycles. The van der Waals surface area contributed by atoms with E-state index in [0.717, 1.165) is 18.2 Å². The third-order valence-electron chi connectivity index (χ3n) is 3.72. The van der Waals surface area contributed by atoms with Crippen LogP contribution in [-0.2, 0) is 27.2 Å². The second kappa shape index (κ2) is 10.9. The van der Waals surface area contributed by atoms with Crippen molar-refractivity contribution >= 4 is 0 Å². The maximum absolute atomic E-state index is 13.3. The Morgan fingerprint density at radius 2 is 1.78 bits per heavy atom. The number of ether oxygens (including phenoxy) is 1. The van der Waals surface area contributed by atoms with Gasteiger partial charge >= 0.3 is 27.2 Å². The normalized spacial score (nSPS) is 10.6. The summed E-state index contributed by atoms with van der Waals surface area (Å²) in [5.41, 5.74) is -0.138. The molecule has 0 amide bonds. The molecule has 0 aliphatic heterocycles. The van der Waals surface area contributed by atoms with Crippen molar-refractivity contribution in [1.29, 1.82) is 0 Å². The number of nitrogens with zero attached hydrogens (tertiary/aromatic N) is 5. The van der Waals surface area contributed by atoms with Gasteiger partial charge in [-0.15, -0.1) is 17.2 Å². The van der Waals surface area contributed by atoms with Crippen molar-refractivity contribution in [2.24, 2.45) is 0 Å². The van der Waals surface area contributed by atoms with Gasteiger partial charge < -0.3 is 14.9 Å². The molecule has 12 heteroatoms. The quantitative estimate of drug-likeness (QED) is 0.248. The summed E-state index contributed by atoms with van der Waals surface area (Å²) in [5, 5.41) is 13.9. The maximum atomic E-state index is 13.3. The molecule has 3 aromatic heterocycles. The van der Waals surface area contributed by atoms with Crippen LogP contribution >= 0.6 is 0 Å². The molecule has 1 aromatic carbocycles. The van der Waals surface area contributed by atoms with Crippen LogP contribution in [0.1, 0.15) is 5.69 Å². The van der Waals surface area contributed by atoms with Crippen LogP contribution in [0.2, 0.25) is 0 Å². The van der Waals surface area contributed by atoms with Crippen LogP contribution in [-0.4, -0.2) is 27.4 Å². The van der Waals surface area contributed by atoms with E-state index in [1.165, 1.54) is 19.4 Å². The van der Waals surface area contributed by atoms with E-state index in [9.17, 15) is 22.0 Å². The molecule has 3 heterocycles. The Hall–Kier alpha value is -3.20. The molecule has 0 bridgehead atoms. The fourth-order valence-corrected chi connectivity index (χ4v) is 2.28. The first-order chi connectivity index (χ1) is 14.8. The molecule has 168 valence electrons. The summed E-state index contributed by atoms with van der Waals surface area (Å²) < 4.78 is 67.4. The zero-order valence-electron chi connectivity index (χ0n) is 16.0. The fourth-order valence-electron chi connectivity index (χ4n) is 2.28. The third kappa shape index (κ3) is 6.40. The van der Waals surface area contributed by atoms with Gasteiger partial charge in [0.25, 0.3) is 0 Å². The van der Waals surface area contributed by atoms with Crippen LogP contribution in [0, 0.1) is 17.7 Å². The number of benzene rings is 1. The van der Waals surface area contributed by atoms with Gasteiger partial charge in [0.05, 0.1) is 7.11 Å². The SMILES string of the molecule is COc1ccc(-c2[c-]cc(F)cc2F)nn1.FC(F)(F)c1cc(-c2ccccn2)[n-]n1.[Pt+2]. The molecule has 0 atom stereocenters. The number of alkyl halides is 3. The van der Waals surface area contributed by atoms with Crippen molar-refractivity contribution in [3.63, 3.8) is 0 Å². The van der Waals surface area contributed by atoms with Crippen LogP contribution in [0.25, 0.3) is 22.6 Å². The van der Waals surface area contributed by atoms with E-state index in [4.69, 9.17) is 4.74 Å². The van der Waals surface area contributed by atoms with Gasteiger partial charge in [-0.25, -0.2) is 0 Å². The summed E-state index contributed by atoms with van der Waals surface area (Å²) in [6.07, 6.45) is -2.97. The number of halogens is 5. The number of methoxy groups -OCH3 is 1. The molecule has 0 unspecified atom stereocenters. The van der Waals surface area contributed by atoms with E-state index in [1.54, 1.807) is 24.3 Å². The van der Waals surface area contributed by atoms with Gasteiger partial charge in [0.1, 0.15) is 5.69 Å². The molecule has 0 fully saturated rings. The maximum Gasteiger partial charge on any atom is 2.00 e. The van der Waals surface area contributed by atoms with Gasteiger partial charge in [0.2, 0.25) is 5.88 Å². The monoisotopic (exact) mass is 628 g/mol. The molecule has 6 nitrogen and oxygen atoms in total. The van der Waals surface area contributed by atoms with Crippen molar-refractivity contribution in [3.05, 3.63) is 78.1 Å².